The van der Waals surface area contributed by atoms with Gasteiger partial charge in [-0.1, -0.05) is 17.7 Å². The van der Waals surface area contributed by atoms with Crippen LogP contribution in [0, 0.1) is 17.1 Å². The Morgan fingerprint density at radius 3 is 2.65 bits per heavy atom. The van der Waals surface area contributed by atoms with Gasteiger partial charge < -0.3 is 9.84 Å². The summed E-state index contributed by atoms with van der Waals surface area (Å²) in [5.74, 6) is -0.0454. The van der Waals surface area contributed by atoms with Gasteiger partial charge in [-0.3, -0.25) is 0 Å². The maximum Gasteiger partial charge on any atom is 0.138 e. The van der Waals surface area contributed by atoms with Gasteiger partial charge in [-0.25, -0.2) is 4.39 Å². The van der Waals surface area contributed by atoms with E-state index in [1.807, 2.05) is 6.07 Å². The summed E-state index contributed by atoms with van der Waals surface area (Å²) in [6.45, 7) is 0.0000571. The summed E-state index contributed by atoms with van der Waals surface area (Å²) in [4.78, 5) is 0. The summed E-state index contributed by atoms with van der Waals surface area (Å²) < 4.78 is 18.7. The minimum atomic E-state index is -0.482. The Balaban J connectivity index is 2.13. The van der Waals surface area contributed by atoms with Gasteiger partial charge in [0.25, 0.3) is 0 Å². The zero-order valence-electron chi connectivity index (χ0n) is 10.4. The lowest BCUT2D eigenvalue weighted by Crippen LogP contribution is -1.98. The van der Waals surface area contributed by atoms with Gasteiger partial charge in [-0.15, -0.1) is 0 Å². The highest BCUT2D eigenvalue weighted by Gasteiger charge is 2.05. The lowest BCUT2D eigenvalue weighted by molar-refractivity contribution is 0.280. The van der Waals surface area contributed by atoms with Crippen LogP contribution < -0.4 is 4.74 Å². The van der Waals surface area contributed by atoms with E-state index in [2.05, 4.69) is 0 Å². The molecule has 2 aromatic rings. The highest BCUT2D eigenvalue weighted by Crippen LogP contribution is 2.26. The predicted molar refractivity (Wildman–Crippen MR) is 72.8 cm³/mol. The average Bonchev–Trinajstić information content (AvgIpc) is 2.45. The molecule has 0 amide bonds. The van der Waals surface area contributed by atoms with E-state index < -0.39 is 5.82 Å². The van der Waals surface area contributed by atoms with Gasteiger partial charge in [0, 0.05) is 0 Å². The maximum absolute atomic E-state index is 13.3. The highest BCUT2D eigenvalue weighted by atomic mass is 35.5. The van der Waals surface area contributed by atoms with Crippen LogP contribution in [0.5, 0.6) is 5.75 Å². The van der Waals surface area contributed by atoms with Crippen molar-refractivity contribution in [3.63, 3.8) is 0 Å². The van der Waals surface area contributed by atoms with E-state index in [4.69, 9.17) is 26.7 Å². The molecule has 0 aromatic heterocycles. The molecule has 0 saturated carbocycles. The van der Waals surface area contributed by atoms with Crippen LogP contribution in [0.15, 0.2) is 36.4 Å². The van der Waals surface area contributed by atoms with Crippen LogP contribution in [0.3, 0.4) is 0 Å². The average molecular weight is 292 g/mol. The molecule has 102 valence electrons. The number of nitriles is 1. The Kier molecular flexibility index (Phi) is 4.57. The van der Waals surface area contributed by atoms with E-state index in [0.717, 1.165) is 6.07 Å². The minimum Gasteiger partial charge on any atom is -0.487 e. The largest absolute Gasteiger partial charge is 0.487 e. The summed E-state index contributed by atoms with van der Waals surface area (Å²) in [6, 6.07) is 10.8. The Labute approximate surface area is 120 Å². The van der Waals surface area contributed by atoms with Crippen molar-refractivity contribution in [1.29, 1.82) is 5.26 Å². The van der Waals surface area contributed by atoms with Gasteiger partial charge in [0.05, 0.1) is 23.3 Å². The molecular weight excluding hydrogens is 281 g/mol. The lowest BCUT2D eigenvalue weighted by atomic mass is 10.1. The molecule has 0 fully saturated rings. The Hall–Kier alpha value is -2.09. The predicted octanol–water partition coefficient (Wildman–Crippen LogP) is 3.42. The zero-order valence-corrected chi connectivity index (χ0v) is 11.2. The zero-order chi connectivity index (χ0) is 14.5. The summed E-state index contributed by atoms with van der Waals surface area (Å²) in [5.41, 5.74) is 1.47. The van der Waals surface area contributed by atoms with E-state index in [-0.39, 0.29) is 18.8 Å². The standard InChI is InChI=1S/C15H11ClFNO2/c16-14-6-10(8-19)1-2-15(14)20-9-12-3-11(7-18)4-13(17)5-12/h1-6,19H,8-9H2. The van der Waals surface area contributed by atoms with Crippen molar-refractivity contribution < 1.29 is 14.2 Å². The number of aliphatic hydroxyl groups is 1. The number of hydrogen-bond acceptors (Lipinski definition) is 3. The molecule has 0 heterocycles. The molecule has 1 N–H and O–H groups in total. The third kappa shape index (κ3) is 3.47. The molecule has 0 bridgehead atoms. The number of nitrogens with zero attached hydrogens (tertiary/aromatic N) is 1. The molecule has 0 aliphatic carbocycles. The topological polar surface area (TPSA) is 53.2 Å². The third-order valence-corrected chi connectivity index (χ3v) is 2.96. The van der Waals surface area contributed by atoms with Gasteiger partial charge in [-0.05, 0) is 41.5 Å². The molecular formula is C15H11ClFNO2. The van der Waals surface area contributed by atoms with Crippen LogP contribution >= 0.6 is 11.6 Å². The van der Waals surface area contributed by atoms with E-state index in [9.17, 15) is 4.39 Å². The molecule has 0 spiro atoms. The molecule has 0 radical (unpaired) electrons. The number of benzene rings is 2. The first kappa shape index (κ1) is 14.3. The van der Waals surface area contributed by atoms with Gasteiger partial charge >= 0.3 is 0 Å². The fraction of sp³-hybridized carbons (Fsp3) is 0.133. The third-order valence-electron chi connectivity index (χ3n) is 2.66. The van der Waals surface area contributed by atoms with Crippen LogP contribution in [0.4, 0.5) is 4.39 Å². The molecule has 0 saturated heterocycles. The van der Waals surface area contributed by atoms with Crippen molar-refractivity contribution in [3.05, 3.63) is 63.9 Å². The van der Waals surface area contributed by atoms with E-state index in [1.54, 1.807) is 24.3 Å². The quantitative estimate of drug-likeness (QED) is 0.939. The van der Waals surface area contributed by atoms with Crippen molar-refractivity contribution in [2.24, 2.45) is 0 Å². The minimum absolute atomic E-state index is 0.102. The van der Waals surface area contributed by atoms with Crippen LogP contribution in [0.25, 0.3) is 0 Å². The van der Waals surface area contributed by atoms with Crippen LogP contribution in [-0.4, -0.2) is 5.11 Å². The molecule has 0 atom stereocenters. The van der Waals surface area contributed by atoms with Crippen molar-refractivity contribution >= 4 is 11.6 Å². The van der Waals surface area contributed by atoms with Crippen molar-refractivity contribution in [2.45, 2.75) is 13.2 Å². The summed E-state index contributed by atoms with van der Waals surface area (Å²) in [7, 11) is 0. The van der Waals surface area contributed by atoms with Gasteiger partial charge in [0.1, 0.15) is 18.2 Å². The second kappa shape index (κ2) is 6.38. The Bertz CT molecular complexity index is 667. The Morgan fingerprint density at radius 1 is 1.20 bits per heavy atom. The molecule has 2 rings (SSSR count). The lowest BCUT2D eigenvalue weighted by Gasteiger charge is -2.09. The van der Waals surface area contributed by atoms with E-state index >= 15 is 0 Å². The first-order valence-electron chi connectivity index (χ1n) is 5.84. The van der Waals surface area contributed by atoms with Crippen molar-refractivity contribution in [2.75, 3.05) is 0 Å². The second-order valence-corrected chi connectivity index (χ2v) is 4.58. The SMILES string of the molecule is N#Cc1cc(F)cc(COc2ccc(CO)cc2Cl)c1. The highest BCUT2D eigenvalue weighted by molar-refractivity contribution is 6.32. The molecule has 0 unspecified atom stereocenters. The number of hydrogen-bond donors (Lipinski definition) is 1. The number of rotatable bonds is 4. The first-order chi connectivity index (χ1) is 9.62. The van der Waals surface area contributed by atoms with Gasteiger partial charge in [0.15, 0.2) is 0 Å². The molecule has 20 heavy (non-hydrogen) atoms. The number of ether oxygens (including phenoxy) is 1. The Morgan fingerprint density at radius 2 is 2.00 bits per heavy atom. The summed E-state index contributed by atoms with van der Waals surface area (Å²) >= 11 is 6.00. The van der Waals surface area contributed by atoms with Crippen molar-refractivity contribution in [1.82, 2.24) is 0 Å². The monoisotopic (exact) mass is 291 g/mol. The van der Waals surface area contributed by atoms with Gasteiger partial charge in [0.2, 0.25) is 0 Å². The smallest absolute Gasteiger partial charge is 0.138 e. The normalized spacial score (nSPS) is 10.1. The van der Waals surface area contributed by atoms with Crippen LogP contribution in [0.2, 0.25) is 5.02 Å². The fourth-order valence-electron chi connectivity index (χ4n) is 1.72. The molecule has 0 aliphatic heterocycles. The molecule has 2 aromatic carbocycles. The summed E-state index contributed by atoms with van der Waals surface area (Å²) in [5, 5.41) is 18.1. The fourth-order valence-corrected chi connectivity index (χ4v) is 1.98. The molecule has 3 nitrogen and oxygen atoms in total. The van der Waals surface area contributed by atoms with E-state index in [0.29, 0.717) is 21.9 Å². The second-order valence-electron chi connectivity index (χ2n) is 4.17. The number of halogens is 2. The van der Waals surface area contributed by atoms with Crippen LogP contribution in [0.1, 0.15) is 16.7 Å². The van der Waals surface area contributed by atoms with Gasteiger partial charge in [-0.2, -0.15) is 5.26 Å². The number of aliphatic hydroxyl groups excluding tert-OH is 1. The van der Waals surface area contributed by atoms with E-state index in [1.165, 1.54) is 6.07 Å². The molecule has 0 aliphatic rings. The van der Waals surface area contributed by atoms with Crippen LogP contribution in [-0.2, 0) is 13.2 Å². The summed E-state index contributed by atoms with van der Waals surface area (Å²) in [6.07, 6.45) is 0. The first-order valence-corrected chi connectivity index (χ1v) is 6.22. The molecule has 5 heteroatoms. The maximum atomic E-state index is 13.3. The van der Waals surface area contributed by atoms with Crippen molar-refractivity contribution in [3.8, 4) is 11.8 Å².